The molecule has 0 fully saturated rings. The highest BCUT2D eigenvalue weighted by molar-refractivity contribution is 7.89. The third-order valence-electron chi connectivity index (χ3n) is 2.22. The largest absolute Gasteiger partial charge is 0.477 e. The van der Waals surface area contributed by atoms with E-state index in [0.717, 1.165) is 10.1 Å². The molecule has 0 aliphatic rings. The third kappa shape index (κ3) is 2.83. The molecule has 0 radical (unpaired) electrons. The van der Waals surface area contributed by atoms with E-state index in [9.17, 15) is 13.2 Å². The van der Waals surface area contributed by atoms with E-state index in [1.165, 1.54) is 17.6 Å². The van der Waals surface area contributed by atoms with Crippen molar-refractivity contribution in [2.45, 2.75) is 5.75 Å². The molecule has 0 aliphatic heterocycles. The van der Waals surface area contributed by atoms with Crippen LogP contribution >= 0.6 is 11.3 Å². The number of hydrogen-bond acceptors (Lipinski definition) is 4. The van der Waals surface area contributed by atoms with Crippen molar-refractivity contribution in [3.8, 4) is 0 Å². The normalized spacial score (nSPS) is 11.8. The zero-order valence-corrected chi connectivity index (χ0v) is 10.6. The van der Waals surface area contributed by atoms with Gasteiger partial charge in [0.05, 0.1) is 5.75 Å². The molecule has 0 atom stereocenters. The van der Waals surface area contributed by atoms with E-state index in [2.05, 4.69) is 0 Å². The van der Waals surface area contributed by atoms with Gasteiger partial charge in [0.25, 0.3) is 0 Å². The summed E-state index contributed by atoms with van der Waals surface area (Å²) >= 11 is 1.18. The smallest absolute Gasteiger partial charge is 0.345 e. The molecular weight excluding hydrogens is 260 g/mol. The molecule has 0 aliphatic carbocycles. The standard InChI is InChI=1S/C11H10O4S2/c1-17(14,15)6-7-2-3-9-8(4-7)5-10(16-9)11(12)13/h2-5H,6H2,1H3,(H,12,13). The van der Waals surface area contributed by atoms with Crippen molar-refractivity contribution in [3.05, 3.63) is 34.7 Å². The maximum Gasteiger partial charge on any atom is 0.345 e. The highest BCUT2D eigenvalue weighted by Crippen LogP contribution is 2.27. The number of rotatable bonds is 3. The maximum absolute atomic E-state index is 11.2. The first kappa shape index (κ1) is 12.1. The predicted octanol–water partition coefficient (Wildman–Crippen LogP) is 2.14. The zero-order chi connectivity index (χ0) is 12.6. The van der Waals surface area contributed by atoms with Crippen molar-refractivity contribution in [2.24, 2.45) is 0 Å². The third-order valence-corrected chi connectivity index (χ3v) is 4.18. The molecule has 1 aromatic heterocycles. The molecular formula is C11H10O4S2. The topological polar surface area (TPSA) is 71.4 Å². The summed E-state index contributed by atoms with van der Waals surface area (Å²) in [5.74, 6) is -0.989. The molecule has 4 nitrogen and oxygen atoms in total. The molecule has 0 saturated carbocycles. The average molecular weight is 270 g/mol. The van der Waals surface area contributed by atoms with Crippen LogP contribution in [0.15, 0.2) is 24.3 Å². The summed E-state index contributed by atoms with van der Waals surface area (Å²) in [6, 6.07) is 6.76. The number of aromatic carboxylic acids is 1. The molecule has 1 N–H and O–H groups in total. The average Bonchev–Trinajstić information content (AvgIpc) is 2.57. The molecule has 0 bridgehead atoms. The minimum Gasteiger partial charge on any atom is -0.477 e. The molecule has 6 heteroatoms. The first-order valence-corrected chi connectivity index (χ1v) is 7.66. The summed E-state index contributed by atoms with van der Waals surface area (Å²) in [4.78, 5) is 11.1. The Hall–Kier alpha value is -1.40. The number of hydrogen-bond donors (Lipinski definition) is 1. The van der Waals surface area contributed by atoms with Gasteiger partial charge in [0, 0.05) is 11.0 Å². The van der Waals surface area contributed by atoms with Crippen LogP contribution in [0.1, 0.15) is 15.2 Å². The Labute approximate surface area is 102 Å². The second-order valence-electron chi connectivity index (χ2n) is 3.86. The molecule has 0 unspecified atom stereocenters. The van der Waals surface area contributed by atoms with E-state index >= 15 is 0 Å². The first-order valence-electron chi connectivity index (χ1n) is 4.79. The van der Waals surface area contributed by atoms with E-state index in [-0.39, 0.29) is 10.6 Å². The quantitative estimate of drug-likeness (QED) is 0.927. The van der Waals surface area contributed by atoms with Crippen molar-refractivity contribution in [3.63, 3.8) is 0 Å². The van der Waals surface area contributed by atoms with Crippen LogP contribution in [0.2, 0.25) is 0 Å². The Morgan fingerprint density at radius 1 is 1.35 bits per heavy atom. The fourth-order valence-corrected chi connectivity index (χ4v) is 3.26. The van der Waals surface area contributed by atoms with Gasteiger partial charge in [-0.1, -0.05) is 6.07 Å². The van der Waals surface area contributed by atoms with Crippen LogP contribution < -0.4 is 0 Å². The molecule has 17 heavy (non-hydrogen) atoms. The molecule has 0 saturated heterocycles. The van der Waals surface area contributed by atoms with Crippen LogP contribution in [0, 0.1) is 0 Å². The number of thiophene rings is 1. The van der Waals surface area contributed by atoms with Gasteiger partial charge in [0.15, 0.2) is 9.84 Å². The van der Waals surface area contributed by atoms with Gasteiger partial charge in [0.2, 0.25) is 0 Å². The van der Waals surface area contributed by atoms with Crippen molar-refractivity contribution in [2.75, 3.05) is 6.26 Å². The molecule has 2 rings (SSSR count). The first-order chi connectivity index (χ1) is 7.85. The molecule has 0 spiro atoms. The fraction of sp³-hybridized carbons (Fsp3) is 0.182. The van der Waals surface area contributed by atoms with Crippen molar-refractivity contribution in [1.82, 2.24) is 0 Å². The van der Waals surface area contributed by atoms with Crippen molar-refractivity contribution in [1.29, 1.82) is 0 Å². The van der Waals surface area contributed by atoms with E-state index in [0.29, 0.717) is 5.56 Å². The van der Waals surface area contributed by atoms with Gasteiger partial charge < -0.3 is 5.11 Å². The molecule has 0 amide bonds. The zero-order valence-electron chi connectivity index (χ0n) is 9.00. The van der Waals surface area contributed by atoms with Gasteiger partial charge in [-0.05, 0) is 29.1 Å². The van der Waals surface area contributed by atoms with Crippen LogP contribution in [0.5, 0.6) is 0 Å². The lowest BCUT2D eigenvalue weighted by atomic mass is 10.2. The minimum absolute atomic E-state index is 0.0266. The summed E-state index contributed by atoms with van der Waals surface area (Å²) in [6.07, 6.45) is 1.17. The Balaban J connectivity index is 2.47. The van der Waals surface area contributed by atoms with Gasteiger partial charge in [-0.3, -0.25) is 0 Å². The van der Waals surface area contributed by atoms with Crippen LogP contribution in [-0.2, 0) is 15.6 Å². The van der Waals surface area contributed by atoms with Crippen molar-refractivity contribution >= 4 is 37.2 Å². The Kier molecular flexibility index (Phi) is 2.92. The number of carboxylic acids is 1. The lowest BCUT2D eigenvalue weighted by molar-refractivity contribution is 0.0702. The van der Waals surface area contributed by atoms with E-state index in [4.69, 9.17) is 5.11 Å². The Morgan fingerprint density at radius 3 is 2.65 bits per heavy atom. The SMILES string of the molecule is CS(=O)(=O)Cc1ccc2sc(C(=O)O)cc2c1. The molecule has 90 valence electrons. The van der Waals surface area contributed by atoms with Crippen molar-refractivity contribution < 1.29 is 18.3 Å². The summed E-state index contributed by atoms with van der Waals surface area (Å²) < 4.78 is 23.2. The monoisotopic (exact) mass is 270 g/mol. The van der Waals surface area contributed by atoms with Gasteiger partial charge in [0.1, 0.15) is 4.88 Å². The lowest BCUT2D eigenvalue weighted by Gasteiger charge is -1.98. The highest BCUT2D eigenvalue weighted by Gasteiger charge is 2.10. The van der Waals surface area contributed by atoms with E-state index < -0.39 is 15.8 Å². The second-order valence-corrected chi connectivity index (χ2v) is 7.08. The minimum atomic E-state index is -3.07. The van der Waals surface area contributed by atoms with Gasteiger partial charge in [-0.2, -0.15) is 0 Å². The Bertz CT molecular complexity index is 683. The van der Waals surface area contributed by atoms with E-state index in [1.807, 2.05) is 0 Å². The van der Waals surface area contributed by atoms with Crippen LogP contribution in [0.3, 0.4) is 0 Å². The lowest BCUT2D eigenvalue weighted by Crippen LogP contribution is -2.00. The number of benzene rings is 1. The summed E-state index contributed by atoms with van der Waals surface area (Å²) in [5.41, 5.74) is 0.676. The second kappa shape index (κ2) is 4.12. The van der Waals surface area contributed by atoms with E-state index in [1.54, 1.807) is 24.3 Å². The highest BCUT2D eigenvalue weighted by atomic mass is 32.2. The summed E-state index contributed by atoms with van der Waals surface area (Å²) in [5, 5.41) is 9.63. The number of sulfone groups is 1. The fourth-order valence-electron chi connectivity index (χ4n) is 1.59. The predicted molar refractivity (Wildman–Crippen MR) is 67.3 cm³/mol. The van der Waals surface area contributed by atoms with Crippen LogP contribution in [0.4, 0.5) is 0 Å². The number of carbonyl (C=O) groups is 1. The van der Waals surface area contributed by atoms with Crippen LogP contribution in [0.25, 0.3) is 10.1 Å². The molecule has 1 heterocycles. The number of fused-ring (bicyclic) bond motifs is 1. The molecule has 2 aromatic rings. The van der Waals surface area contributed by atoms with Gasteiger partial charge in [-0.25, -0.2) is 13.2 Å². The van der Waals surface area contributed by atoms with Gasteiger partial charge >= 0.3 is 5.97 Å². The van der Waals surface area contributed by atoms with Gasteiger partial charge in [-0.15, -0.1) is 11.3 Å². The summed E-state index contributed by atoms with van der Waals surface area (Å²) in [6.45, 7) is 0. The molecule has 1 aromatic carbocycles. The number of carboxylic acid groups (broad SMARTS) is 1. The summed E-state index contributed by atoms with van der Waals surface area (Å²) in [7, 11) is -3.07. The Morgan fingerprint density at radius 2 is 2.06 bits per heavy atom. The maximum atomic E-state index is 11.2. The van der Waals surface area contributed by atoms with Crippen LogP contribution in [-0.4, -0.2) is 25.7 Å².